The number of quaternary nitrogens is 2. The topological polar surface area (TPSA) is 55.4 Å². The quantitative estimate of drug-likeness (QED) is 0.459. The molecule has 1 saturated carbocycles. The Morgan fingerprint density at radius 3 is 2.60 bits per heavy atom. The summed E-state index contributed by atoms with van der Waals surface area (Å²) in [6.45, 7) is 10.4. The zero-order valence-electron chi connectivity index (χ0n) is 19.0. The van der Waals surface area contributed by atoms with E-state index in [2.05, 4.69) is 19.9 Å². The van der Waals surface area contributed by atoms with E-state index in [1.54, 1.807) is 4.90 Å². The van der Waals surface area contributed by atoms with Crippen LogP contribution in [0, 0.1) is 23.2 Å². The van der Waals surface area contributed by atoms with E-state index in [0.29, 0.717) is 5.92 Å². The first-order valence-corrected chi connectivity index (χ1v) is 12.7. The minimum atomic E-state index is -0.469. The lowest BCUT2D eigenvalue weighted by atomic mass is 9.55. The minimum absolute atomic E-state index is 0.0295. The van der Waals surface area contributed by atoms with Crippen molar-refractivity contribution in [1.82, 2.24) is 0 Å². The number of piperidine rings is 2. The van der Waals surface area contributed by atoms with Crippen molar-refractivity contribution >= 4 is 5.97 Å². The number of hydrogen-bond donors (Lipinski definition) is 3. The summed E-state index contributed by atoms with van der Waals surface area (Å²) in [6, 6.07) is 0.826. The molecule has 4 fully saturated rings. The molecule has 5 nitrogen and oxygen atoms in total. The van der Waals surface area contributed by atoms with Crippen LogP contribution in [0.3, 0.4) is 0 Å². The minimum Gasteiger partial charge on any atom is -0.461 e. The van der Waals surface area contributed by atoms with Gasteiger partial charge >= 0.3 is 5.97 Å². The van der Waals surface area contributed by atoms with Crippen molar-refractivity contribution in [3.8, 4) is 0 Å². The maximum Gasteiger partial charge on any atom is 0.315 e. The molecule has 5 rings (SSSR count). The molecule has 168 valence electrons. The highest BCUT2D eigenvalue weighted by Crippen LogP contribution is 2.55. The van der Waals surface area contributed by atoms with Crippen LogP contribution in [0.4, 0.5) is 0 Å². The van der Waals surface area contributed by atoms with Crippen LogP contribution in [0.2, 0.25) is 0 Å². The molecule has 0 amide bonds. The maximum atomic E-state index is 12.9. The summed E-state index contributed by atoms with van der Waals surface area (Å²) in [5.74, 6) is 0.251. The van der Waals surface area contributed by atoms with Crippen LogP contribution >= 0.6 is 0 Å². The monoisotopic (exact) mass is 418 g/mol. The van der Waals surface area contributed by atoms with E-state index in [0.717, 1.165) is 31.8 Å². The Morgan fingerprint density at radius 2 is 1.87 bits per heavy atom. The molecule has 3 saturated heterocycles. The number of carbonyl (C=O) groups excluding carboxylic acids is 1. The standard InChI is InChI=1S/C25H40N2O3/c1-17-7-6-8-18-15-21-22(23(28)25(17,18)2)20(24(29)30-21)16-26-13-9-19(10-14-26)27-11-4-3-5-12-27/h8,17,19-23,28H,3-7,9-16H2,1-2H3/p+2/t17-,20+,21+,22+,23+,25+/m0/s1. The molecular weight excluding hydrogens is 376 g/mol. The number of nitrogens with one attached hydrogen (secondary N) is 2. The first kappa shape index (κ1) is 21.0. The molecule has 5 aliphatic rings. The number of esters is 1. The predicted octanol–water partition coefficient (Wildman–Crippen LogP) is 0.388. The second-order valence-electron chi connectivity index (χ2n) is 11.2. The number of likely N-dealkylation sites (tertiary alicyclic amines) is 2. The highest BCUT2D eigenvalue weighted by molar-refractivity contribution is 5.76. The fourth-order valence-corrected chi connectivity index (χ4v) is 7.66. The first-order chi connectivity index (χ1) is 14.5. The SMILES string of the molecule is C[C@H]1CCC=C2C[C@H]3OC(=O)[C@H](C[NH+]4CCC([NH+]5CCCCC5)CC4)[C@H]3[C@@H](O)[C@@]21C. The summed E-state index contributed by atoms with van der Waals surface area (Å²) >= 11 is 0. The van der Waals surface area contributed by atoms with Crippen molar-refractivity contribution in [3.63, 3.8) is 0 Å². The summed E-state index contributed by atoms with van der Waals surface area (Å²) in [5.41, 5.74) is 1.15. The highest BCUT2D eigenvalue weighted by atomic mass is 16.6. The molecule has 0 unspecified atom stereocenters. The number of fused-ring (bicyclic) bond motifs is 2. The van der Waals surface area contributed by atoms with Gasteiger partial charge in [0.15, 0.2) is 0 Å². The fraction of sp³-hybridized carbons (Fsp3) is 0.880. The smallest absolute Gasteiger partial charge is 0.315 e. The van der Waals surface area contributed by atoms with Crippen LogP contribution in [-0.4, -0.2) is 62.0 Å². The normalized spacial score (nSPS) is 47.2. The third-order valence-electron chi connectivity index (χ3n) is 9.84. The van der Waals surface area contributed by atoms with Gasteiger partial charge in [-0.05, 0) is 38.0 Å². The Morgan fingerprint density at radius 1 is 1.13 bits per heavy atom. The van der Waals surface area contributed by atoms with Gasteiger partial charge in [0.2, 0.25) is 0 Å². The lowest BCUT2D eigenvalue weighted by Crippen LogP contribution is -3.21. The molecule has 0 aromatic carbocycles. The summed E-state index contributed by atoms with van der Waals surface area (Å²) in [6.07, 6.45) is 11.6. The highest BCUT2D eigenvalue weighted by Gasteiger charge is 2.60. The van der Waals surface area contributed by atoms with Gasteiger partial charge in [0, 0.05) is 30.6 Å². The van der Waals surface area contributed by atoms with E-state index in [9.17, 15) is 9.90 Å². The van der Waals surface area contributed by atoms with E-state index in [4.69, 9.17) is 4.74 Å². The molecule has 6 atom stereocenters. The molecule has 3 heterocycles. The molecule has 0 aromatic rings. The lowest BCUT2D eigenvalue weighted by molar-refractivity contribution is -0.961. The summed E-state index contributed by atoms with van der Waals surface area (Å²) in [4.78, 5) is 16.3. The van der Waals surface area contributed by atoms with E-state index in [1.807, 2.05) is 4.90 Å². The number of allylic oxidation sites excluding steroid dienone is 1. The molecule has 2 aliphatic carbocycles. The van der Waals surface area contributed by atoms with Gasteiger partial charge in [-0.15, -0.1) is 0 Å². The van der Waals surface area contributed by atoms with Crippen LogP contribution in [0.25, 0.3) is 0 Å². The number of aliphatic hydroxyl groups is 1. The Bertz CT molecular complexity index is 680. The molecule has 0 radical (unpaired) electrons. The molecule has 0 spiro atoms. The number of carbonyl (C=O) groups is 1. The van der Waals surface area contributed by atoms with Gasteiger partial charge in [0.1, 0.15) is 12.0 Å². The molecule has 3 N–H and O–H groups in total. The maximum absolute atomic E-state index is 12.9. The van der Waals surface area contributed by atoms with Crippen molar-refractivity contribution in [3.05, 3.63) is 11.6 Å². The van der Waals surface area contributed by atoms with Gasteiger partial charge < -0.3 is 19.6 Å². The average Bonchev–Trinajstić information content (AvgIpc) is 3.07. The van der Waals surface area contributed by atoms with E-state index >= 15 is 0 Å². The summed E-state index contributed by atoms with van der Waals surface area (Å²) in [7, 11) is 0. The molecule has 3 aliphatic heterocycles. The van der Waals surface area contributed by atoms with Crippen molar-refractivity contribution in [2.75, 3.05) is 32.7 Å². The third kappa shape index (κ3) is 3.45. The number of aliphatic hydroxyl groups excluding tert-OH is 1. The number of ether oxygens (including phenoxy) is 1. The van der Waals surface area contributed by atoms with Crippen LogP contribution in [0.15, 0.2) is 11.6 Å². The van der Waals surface area contributed by atoms with Crippen LogP contribution < -0.4 is 9.80 Å². The third-order valence-corrected chi connectivity index (χ3v) is 9.84. The number of rotatable bonds is 3. The molecule has 5 heteroatoms. The van der Waals surface area contributed by atoms with Crippen LogP contribution in [0.1, 0.15) is 65.2 Å². The fourth-order valence-electron chi connectivity index (χ4n) is 7.66. The van der Waals surface area contributed by atoms with Crippen LogP contribution in [0.5, 0.6) is 0 Å². The first-order valence-electron chi connectivity index (χ1n) is 12.7. The van der Waals surface area contributed by atoms with Gasteiger partial charge in [0.25, 0.3) is 0 Å². The van der Waals surface area contributed by atoms with Gasteiger partial charge in [0.05, 0.1) is 44.9 Å². The zero-order valence-corrected chi connectivity index (χ0v) is 19.0. The van der Waals surface area contributed by atoms with Crippen molar-refractivity contribution in [2.45, 2.75) is 83.5 Å². The Balaban J connectivity index is 1.25. The largest absolute Gasteiger partial charge is 0.461 e. The lowest BCUT2D eigenvalue weighted by Gasteiger charge is -2.51. The molecule has 0 aromatic heterocycles. The van der Waals surface area contributed by atoms with E-state index < -0.39 is 6.10 Å². The zero-order chi connectivity index (χ0) is 20.9. The molecular formula is C25H42N2O3+2. The van der Waals surface area contributed by atoms with Gasteiger partial charge in [-0.25, -0.2) is 0 Å². The predicted molar refractivity (Wildman–Crippen MR) is 115 cm³/mol. The summed E-state index contributed by atoms with van der Waals surface area (Å²) in [5, 5.41) is 11.5. The molecule has 30 heavy (non-hydrogen) atoms. The van der Waals surface area contributed by atoms with Crippen molar-refractivity contribution in [1.29, 1.82) is 0 Å². The molecule has 0 bridgehead atoms. The van der Waals surface area contributed by atoms with E-state index in [1.165, 1.54) is 63.9 Å². The Labute approximate surface area is 181 Å². The van der Waals surface area contributed by atoms with Crippen molar-refractivity contribution < 1.29 is 24.4 Å². The van der Waals surface area contributed by atoms with Gasteiger partial charge in [-0.2, -0.15) is 0 Å². The number of hydrogen-bond acceptors (Lipinski definition) is 3. The average molecular weight is 419 g/mol. The Hall–Kier alpha value is -0.910. The second kappa shape index (κ2) is 8.22. The second-order valence-corrected chi connectivity index (χ2v) is 11.2. The van der Waals surface area contributed by atoms with Crippen molar-refractivity contribution in [2.24, 2.45) is 23.2 Å². The van der Waals surface area contributed by atoms with Gasteiger partial charge in [-0.1, -0.05) is 25.5 Å². The summed E-state index contributed by atoms with van der Waals surface area (Å²) < 4.78 is 5.88. The van der Waals surface area contributed by atoms with Gasteiger partial charge in [-0.3, -0.25) is 4.79 Å². The van der Waals surface area contributed by atoms with Crippen LogP contribution in [-0.2, 0) is 9.53 Å². The van der Waals surface area contributed by atoms with E-state index in [-0.39, 0.29) is 29.3 Å². The Kier molecular flexibility index (Phi) is 5.74.